The predicted molar refractivity (Wildman–Crippen MR) is 94.7 cm³/mol. The van der Waals surface area contributed by atoms with E-state index in [0.717, 1.165) is 0 Å². The van der Waals surface area contributed by atoms with Crippen molar-refractivity contribution < 1.29 is 17.9 Å². The van der Waals surface area contributed by atoms with E-state index >= 15 is 0 Å². The van der Waals surface area contributed by atoms with Crippen LogP contribution in [0, 0.1) is 5.41 Å². The van der Waals surface area contributed by atoms with Gasteiger partial charge in [-0.05, 0) is 38.6 Å². The first-order valence-electron chi connectivity index (χ1n) is 7.79. The number of rotatable bonds is 7. The summed E-state index contributed by atoms with van der Waals surface area (Å²) in [7, 11) is -3.31. The first kappa shape index (κ1) is 20.3. The molecular formula is C17H28O4S2. The van der Waals surface area contributed by atoms with Crippen molar-refractivity contribution in [2.45, 2.75) is 70.3 Å². The van der Waals surface area contributed by atoms with E-state index in [1.54, 1.807) is 17.5 Å². The normalized spacial score (nSPS) is 14.7. The number of Topliss-reactive ketones (excluding diaryl/α,β-unsaturated/α-hetero) is 1. The van der Waals surface area contributed by atoms with Gasteiger partial charge >= 0.3 is 0 Å². The SMILES string of the molecule is CC(C)(C)OC(CCS(=O)(=O)c1cccs1)CC(=O)C(C)(C)C. The zero-order chi connectivity index (χ0) is 17.9. The molecule has 23 heavy (non-hydrogen) atoms. The molecule has 0 saturated heterocycles. The third-order valence-corrected chi connectivity index (χ3v) is 6.51. The number of ketones is 1. The predicted octanol–water partition coefficient (Wildman–Crippen LogP) is 4.10. The van der Waals surface area contributed by atoms with Gasteiger partial charge in [-0.15, -0.1) is 11.3 Å². The molecule has 0 radical (unpaired) electrons. The highest BCUT2D eigenvalue weighted by atomic mass is 32.2. The van der Waals surface area contributed by atoms with E-state index in [1.165, 1.54) is 11.3 Å². The zero-order valence-electron chi connectivity index (χ0n) is 14.9. The fraction of sp³-hybridized carbons (Fsp3) is 0.706. The fourth-order valence-electron chi connectivity index (χ4n) is 2.04. The maximum absolute atomic E-state index is 12.3. The monoisotopic (exact) mass is 360 g/mol. The summed E-state index contributed by atoms with van der Waals surface area (Å²) >= 11 is 1.22. The van der Waals surface area contributed by atoms with Crippen molar-refractivity contribution in [3.05, 3.63) is 17.5 Å². The third kappa shape index (κ3) is 7.14. The topological polar surface area (TPSA) is 60.4 Å². The standard InChI is InChI=1S/C17H28O4S2/c1-16(2,3)14(18)12-13(21-17(4,5)6)9-11-23(19,20)15-8-7-10-22-15/h7-8,10,13H,9,11-12H2,1-6H3. The molecule has 1 atom stereocenters. The molecule has 1 aromatic rings. The molecule has 0 aliphatic rings. The first-order chi connectivity index (χ1) is 10.3. The number of hydrogen-bond donors (Lipinski definition) is 0. The molecule has 4 nitrogen and oxygen atoms in total. The molecule has 0 aliphatic carbocycles. The number of carbonyl (C=O) groups excluding carboxylic acids is 1. The second-order valence-corrected chi connectivity index (χ2v) is 11.1. The van der Waals surface area contributed by atoms with Crippen molar-refractivity contribution in [1.29, 1.82) is 0 Å². The highest BCUT2D eigenvalue weighted by molar-refractivity contribution is 7.93. The van der Waals surface area contributed by atoms with Gasteiger partial charge in [0.1, 0.15) is 9.99 Å². The van der Waals surface area contributed by atoms with Gasteiger partial charge < -0.3 is 4.74 Å². The van der Waals surface area contributed by atoms with E-state index in [1.807, 2.05) is 41.5 Å². The van der Waals surface area contributed by atoms with Crippen LogP contribution in [0.2, 0.25) is 0 Å². The Bertz CT molecular complexity index is 602. The summed E-state index contributed by atoms with van der Waals surface area (Å²) in [6.07, 6.45) is 0.163. The van der Waals surface area contributed by atoms with Gasteiger partial charge in [0.25, 0.3) is 0 Å². The molecular weight excluding hydrogens is 332 g/mol. The largest absolute Gasteiger partial charge is 0.372 e. The van der Waals surface area contributed by atoms with E-state index in [0.29, 0.717) is 10.6 Å². The number of hydrogen-bond acceptors (Lipinski definition) is 5. The van der Waals surface area contributed by atoms with E-state index in [9.17, 15) is 13.2 Å². The smallest absolute Gasteiger partial charge is 0.187 e. The molecule has 0 bridgehead atoms. The lowest BCUT2D eigenvalue weighted by Gasteiger charge is -2.29. The third-order valence-electron chi connectivity index (χ3n) is 3.28. The van der Waals surface area contributed by atoms with Crippen LogP contribution in [-0.4, -0.2) is 31.7 Å². The lowest BCUT2D eigenvalue weighted by molar-refractivity contribution is -0.132. The van der Waals surface area contributed by atoms with Gasteiger partial charge in [-0.25, -0.2) is 8.42 Å². The van der Waals surface area contributed by atoms with E-state index in [2.05, 4.69) is 0 Å². The highest BCUT2D eigenvalue weighted by Gasteiger charge is 2.29. The average Bonchev–Trinajstić information content (AvgIpc) is 2.87. The van der Waals surface area contributed by atoms with E-state index < -0.39 is 27.0 Å². The molecule has 1 rings (SSSR count). The molecule has 0 aromatic carbocycles. The Balaban J connectivity index is 2.79. The first-order valence-corrected chi connectivity index (χ1v) is 10.3. The molecule has 1 heterocycles. The minimum atomic E-state index is -3.31. The Hall–Kier alpha value is -0.720. The Morgan fingerprint density at radius 3 is 2.26 bits per heavy atom. The summed E-state index contributed by atoms with van der Waals surface area (Å²) in [4.78, 5) is 12.3. The second kappa shape index (κ2) is 7.45. The lowest BCUT2D eigenvalue weighted by Crippen LogP contribution is -2.33. The van der Waals surface area contributed by atoms with Crippen molar-refractivity contribution in [2.24, 2.45) is 5.41 Å². The number of ether oxygens (including phenoxy) is 1. The summed E-state index contributed by atoms with van der Waals surface area (Å²) < 4.78 is 30.9. The van der Waals surface area contributed by atoms with Crippen molar-refractivity contribution in [3.8, 4) is 0 Å². The number of thiophene rings is 1. The van der Waals surface area contributed by atoms with Crippen LogP contribution in [0.25, 0.3) is 0 Å². The fourth-order valence-corrected chi connectivity index (χ4v) is 4.56. The van der Waals surface area contributed by atoms with Gasteiger partial charge in [-0.3, -0.25) is 4.79 Å². The zero-order valence-corrected chi connectivity index (χ0v) is 16.5. The van der Waals surface area contributed by atoms with E-state index in [4.69, 9.17) is 4.74 Å². The summed E-state index contributed by atoms with van der Waals surface area (Å²) in [5.74, 6) is 0.0753. The summed E-state index contributed by atoms with van der Waals surface area (Å²) in [6, 6.07) is 3.34. The van der Waals surface area contributed by atoms with Crippen LogP contribution >= 0.6 is 11.3 Å². The molecule has 6 heteroatoms. The van der Waals surface area contributed by atoms with Crippen molar-refractivity contribution >= 4 is 27.0 Å². The number of carbonyl (C=O) groups is 1. The highest BCUT2D eigenvalue weighted by Crippen LogP contribution is 2.25. The van der Waals surface area contributed by atoms with Gasteiger partial charge in [0.05, 0.1) is 17.5 Å². The summed E-state index contributed by atoms with van der Waals surface area (Å²) in [5.41, 5.74) is -0.873. The molecule has 1 aromatic heterocycles. The molecule has 0 spiro atoms. The average molecular weight is 361 g/mol. The van der Waals surface area contributed by atoms with Crippen molar-refractivity contribution in [1.82, 2.24) is 0 Å². The van der Waals surface area contributed by atoms with Crippen molar-refractivity contribution in [2.75, 3.05) is 5.75 Å². The quantitative estimate of drug-likeness (QED) is 0.734. The molecule has 0 N–H and O–H groups in total. The van der Waals surface area contributed by atoms with Crippen LogP contribution < -0.4 is 0 Å². The molecule has 1 unspecified atom stereocenters. The minimum Gasteiger partial charge on any atom is -0.372 e. The summed E-state index contributed by atoms with van der Waals surface area (Å²) in [6.45, 7) is 11.3. The van der Waals surface area contributed by atoms with Crippen molar-refractivity contribution in [3.63, 3.8) is 0 Å². The Labute approximate surface area is 144 Å². The Morgan fingerprint density at radius 2 is 1.83 bits per heavy atom. The minimum absolute atomic E-state index is 0.00825. The van der Waals surface area contributed by atoms with Crippen LogP contribution in [0.1, 0.15) is 54.4 Å². The molecule has 0 aliphatic heterocycles. The summed E-state index contributed by atoms with van der Waals surface area (Å²) in [5, 5.41) is 1.75. The van der Waals surface area contributed by atoms with Gasteiger partial charge in [-0.1, -0.05) is 26.8 Å². The molecule has 0 fully saturated rings. The van der Waals surface area contributed by atoms with Crippen LogP contribution in [0.5, 0.6) is 0 Å². The van der Waals surface area contributed by atoms with E-state index in [-0.39, 0.29) is 18.0 Å². The lowest BCUT2D eigenvalue weighted by atomic mass is 9.87. The Morgan fingerprint density at radius 1 is 1.22 bits per heavy atom. The van der Waals surface area contributed by atoms with Gasteiger partial charge in [0, 0.05) is 11.8 Å². The Kier molecular flexibility index (Phi) is 6.58. The molecule has 0 saturated carbocycles. The number of sulfone groups is 1. The maximum Gasteiger partial charge on any atom is 0.187 e. The maximum atomic E-state index is 12.3. The van der Waals surface area contributed by atoms with Crippen LogP contribution in [0.3, 0.4) is 0 Å². The molecule has 0 amide bonds. The van der Waals surface area contributed by atoms with Gasteiger partial charge in [0.15, 0.2) is 9.84 Å². The second-order valence-electron chi connectivity index (χ2n) is 7.77. The van der Waals surface area contributed by atoms with Crippen LogP contribution in [0.4, 0.5) is 0 Å². The van der Waals surface area contributed by atoms with Crippen LogP contribution in [0.15, 0.2) is 21.7 Å². The van der Waals surface area contributed by atoms with Gasteiger partial charge in [0.2, 0.25) is 0 Å². The molecule has 132 valence electrons. The van der Waals surface area contributed by atoms with Crippen LogP contribution in [-0.2, 0) is 19.4 Å². The van der Waals surface area contributed by atoms with Gasteiger partial charge in [-0.2, -0.15) is 0 Å².